The summed E-state index contributed by atoms with van der Waals surface area (Å²) in [5.41, 5.74) is 0. The van der Waals surface area contributed by atoms with Crippen molar-refractivity contribution < 1.29 is 28.5 Å². The molecule has 3 aliphatic rings. The van der Waals surface area contributed by atoms with E-state index in [1.165, 1.54) is 6.92 Å². The Balaban J connectivity index is 1.77. The number of rotatable bonds is 2. The maximum absolute atomic E-state index is 11.5. The summed E-state index contributed by atoms with van der Waals surface area (Å²) >= 11 is 0. The van der Waals surface area contributed by atoms with Gasteiger partial charge in [-0.15, -0.1) is 0 Å². The molecule has 1 amide bonds. The second kappa shape index (κ2) is 4.89. The molecule has 5 atom stereocenters. The molecule has 3 saturated heterocycles. The normalized spacial score (nSPS) is 43.8. The number of hydrogen-bond donors (Lipinski definition) is 1. The van der Waals surface area contributed by atoms with Gasteiger partial charge in [-0.1, -0.05) is 0 Å². The molecule has 120 valence electrons. The molecule has 7 heteroatoms. The van der Waals surface area contributed by atoms with Gasteiger partial charge in [0.1, 0.15) is 18.3 Å². The van der Waals surface area contributed by atoms with Gasteiger partial charge in [0.05, 0.1) is 12.6 Å². The van der Waals surface area contributed by atoms with Crippen LogP contribution in [0.25, 0.3) is 0 Å². The van der Waals surface area contributed by atoms with Crippen molar-refractivity contribution in [1.29, 1.82) is 0 Å². The highest BCUT2D eigenvalue weighted by Gasteiger charge is 2.58. The molecule has 0 aromatic rings. The van der Waals surface area contributed by atoms with E-state index in [2.05, 4.69) is 5.32 Å². The van der Waals surface area contributed by atoms with Crippen LogP contribution < -0.4 is 5.32 Å². The van der Waals surface area contributed by atoms with Gasteiger partial charge in [0.2, 0.25) is 5.91 Å². The molecule has 21 heavy (non-hydrogen) atoms. The van der Waals surface area contributed by atoms with E-state index in [1.54, 1.807) is 0 Å². The molecule has 3 rings (SSSR count). The van der Waals surface area contributed by atoms with E-state index < -0.39 is 17.9 Å². The van der Waals surface area contributed by atoms with Gasteiger partial charge in [-0.3, -0.25) is 4.79 Å². The van der Waals surface area contributed by atoms with Crippen LogP contribution >= 0.6 is 0 Å². The third kappa shape index (κ3) is 2.93. The molecule has 3 aliphatic heterocycles. The third-order valence-corrected chi connectivity index (χ3v) is 3.85. The maximum atomic E-state index is 11.5. The minimum absolute atomic E-state index is 0.138. The lowest BCUT2D eigenvalue weighted by atomic mass is 10.0. The number of carbonyl (C=O) groups excluding carboxylic acids is 1. The third-order valence-electron chi connectivity index (χ3n) is 3.85. The summed E-state index contributed by atoms with van der Waals surface area (Å²) in [6.07, 6.45) is -1.48. The Morgan fingerprint density at radius 1 is 1.05 bits per heavy atom. The molecule has 0 spiro atoms. The number of fused-ring (bicyclic) bond motifs is 1. The fourth-order valence-corrected chi connectivity index (χ4v) is 3.13. The molecular weight excluding hydrogens is 278 g/mol. The van der Waals surface area contributed by atoms with Gasteiger partial charge in [-0.05, 0) is 27.7 Å². The van der Waals surface area contributed by atoms with Crippen LogP contribution in [0.2, 0.25) is 0 Å². The highest BCUT2D eigenvalue weighted by molar-refractivity contribution is 5.73. The maximum Gasteiger partial charge on any atom is 0.217 e. The van der Waals surface area contributed by atoms with Crippen LogP contribution in [0.4, 0.5) is 0 Å². The van der Waals surface area contributed by atoms with E-state index in [0.29, 0.717) is 6.61 Å². The average molecular weight is 301 g/mol. The fraction of sp³-hybridized carbons (Fsp3) is 0.929. The predicted octanol–water partition coefficient (Wildman–Crippen LogP) is 0.519. The molecule has 1 N–H and O–H groups in total. The average Bonchev–Trinajstić information content (AvgIpc) is 2.90. The largest absolute Gasteiger partial charge is 0.348 e. The van der Waals surface area contributed by atoms with E-state index in [0.717, 1.165) is 0 Å². The van der Waals surface area contributed by atoms with Crippen molar-refractivity contribution in [3.63, 3.8) is 0 Å². The van der Waals surface area contributed by atoms with E-state index in [4.69, 9.17) is 23.7 Å². The van der Waals surface area contributed by atoms with E-state index in [-0.39, 0.29) is 30.3 Å². The van der Waals surface area contributed by atoms with Crippen LogP contribution in [0.3, 0.4) is 0 Å². The van der Waals surface area contributed by atoms with E-state index in [1.807, 2.05) is 27.7 Å². The molecule has 0 aromatic carbocycles. The Morgan fingerprint density at radius 2 is 1.76 bits per heavy atom. The zero-order valence-corrected chi connectivity index (χ0v) is 13.0. The summed E-state index contributed by atoms with van der Waals surface area (Å²) in [4.78, 5) is 11.5. The molecule has 7 nitrogen and oxygen atoms in total. The Hall–Kier alpha value is -0.730. The Bertz CT molecular complexity index is 437. The lowest BCUT2D eigenvalue weighted by Gasteiger charge is -2.29. The number of carbonyl (C=O) groups is 1. The summed E-state index contributed by atoms with van der Waals surface area (Å²) in [5, 5.41) is 2.90. The zero-order chi connectivity index (χ0) is 15.4. The van der Waals surface area contributed by atoms with E-state index >= 15 is 0 Å². The van der Waals surface area contributed by atoms with Crippen LogP contribution in [-0.2, 0) is 28.5 Å². The number of hydrogen-bond acceptors (Lipinski definition) is 6. The lowest BCUT2D eigenvalue weighted by molar-refractivity contribution is -0.223. The van der Waals surface area contributed by atoms with Crippen molar-refractivity contribution in [2.45, 2.75) is 76.8 Å². The summed E-state index contributed by atoms with van der Waals surface area (Å²) < 4.78 is 29.0. The fourth-order valence-electron chi connectivity index (χ4n) is 3.13. The summed E-state index contributed by atoms with van der Waals surface area (Å²) in [7, 11) is 0. The monoisotopic (exact) mass is 301 g/mol. The van der Waals surface area contributed by atoms with Crippen molar-refractivity contribution in [3.05, 3.63) is 0 Å². The van der Waals surface area contributed by atoms with Crippen molar-refractivity contribution in [2.24, 2.45) is 0 Å². The van der Waals surface area contributed by atoms with Crippen molar-refractivity contribution in [2.75, 3.05) is 6.61 Å². The number of nitrogens with one attached hydrogen (secondary N) is 1. The van der Waals surface area contributed by atoms with Gasteiger partial charge < -0.3 is 29.0 Å². The number of ether oxygens (including phenoxy) is 5. The highest BCUT2D eigenvalue weighted by atomic mass is 16.8. The Kier molecular flexibility index (Phi) is 3.53. The SMILES string of the molecule is CC(=O)N[C@H]1[C@H]([C@@H]2COC(C)(C)O2)O[C@H]2OC(C)(C)O[C@@H]21. The topological polar surface area (TPSA) is 75.3 Å². The van der Waals surface area contributed by atoms with Crippen molar-refractivity contribution in [1.82, 2.24) is 5.32 Å². The van der Waals surface area contributed by atoms with Crippen LogP contribution in [-0.4, -0.2) is 54.7 Å². The minimum Gasteiger partial charge on any atom is -0.348 e. The second-order valence-electron chi connectivity index (χ2n) is 6.66. The first-order valence-corrected chi connectivity index (χ1v) is 7.27. The van der Waals surface area contributed by atoms with Crippen LogP contribution in [0.5, 0.6) is 0 Å². The standard InChI is InChI=1S/C14H23NO6/c1-7(16)15-9-10(8-6-17-13(2,3)19-8)18-12-11(9)20-14(4,5)21-12/h8-12H,6H2,1-5H3,(H,15,16)/t8-,9-,10-,11+,12-/m0/s1. The summed E-state index contributed by atoms with van der Waals surface area (Å²) in [5.74, 6) is -1.50. The smallest absolute Gasteiger partial charge is 0.217 e. The first kappa shape index (κ1) is 15.2. The molecule has 0 saturated carbocycles. The molecule has 0 bridgehead atoms. The molecule has 0 radical (unpaired) electrons. The van der Waals surface area contributed by atoms with Gasteiger partial charge in [0.25, 0.3) is 0 Å². The lowest BCUT2D eigenvalue weighted by Crippen LogP contribution is -2.52. The predicted molar refractivity (Wildman–Crippen MR) is 71.2 cm³/mol. The quantitative estimate of drug-likeness (QED) is 0.801. The highest BCUT2D eigenvalue weighted by Crippen LogP contribution is 2.40. The van der Waals surface area contributed by atoms with Gasteiger partial charge in [-0.25, -0.2) is 0 Å². The zero-order valence-electron chi connectivity index (χ0n) is 13.0. The second-order valence-corrected chi connectivity index (χ2v) is 6.66. The van der Waals surface area contributed by atoms with Crippen LogP contribution in [0.15, 0.2) is 0 Å². The molecular formula is C14H23NO6. The van der Waals surface area contributed by atoms with Gasteiger partial charge in [0, 0.05) is 6.92 Å². The van der Waals surface area contributed by atoms with Gasteiger partial charge in [-0.2, -0.15) is 0 Å². The van der Waals surface area contributed by atoms with Gasteiger partial charge in [0.15, 0.2) is 17.9 Å². The van der Waals surface area contributed by atoms with Crippen LogP contribution in [0, 0.1) is 0 Å². The first-order chi connectivity index (χ1) is 9.67. The molecule has 3 heterocycles. The Labute approximate surface area is 124 Å². The Morgan fingerprint density at radius 3 is 2.33 bits per heavy atom. The van der Waals surface area contributed by atoms with Crippen molar-refractivity contribution in [3.8, 4) is 0 Å². The first-order valence-electron chi connectivity index (χ1n) is 7.27. The van der Waals surface area contributed by atoms with E-state index in [9.17, 15) is 4.79 Å². The van der Waals surface area contributed by atoms with Crippen molar-refractivity contribution >= 4 is 5.91 Å². The number of amides is 1. The van der Waals surface area contributed by atoms with Crippen LogP contribution in [0.1, 0.15) is 34.6 Å². The summed E-state index contributed by atoms with van der Waals surface area (Å²) in [6, 6.07) is -0.322. The molecule has 0 unspecified atom stereocenters. The molecule has 3 fully saturated rings. The minimum atomic E-state index is -0.719. The van der Waals surface area contributed by atoms with Gasteiger partial charge >= 0.3 is 0 Å². The molecule has 0 aromatic heterocycles. The molecule has 0 aliphatic carbocycles. The summed E-state index contributed by atoms with van der Waals surface area (Å²) in [6.45, 7) is 9.25.